The van der Waals surface area contributed by atoms with Crippen LogP contribution in [0.15, 0.2) is 12.3 Å². The number of Topliss-reactive ketones (excluding diaryl/α,β-unsaturated/α-hetero) is 1. The standard InChI is InChI=1S/C7H11N3O/c1-5(8)7(11)6-3-4-10(2)9-6/h3-5H,8H2,1-2H3/t5-/m1/s1. The van der Waals surface area contributed by atoms with Crippen molar-refractivity contribution in [2.24, 2.45) is 12.8 Å². The van der Waals surface area contributed by atoms with E-state index >= 15 is 0 Å². The molecule has 1 aromatic heterocycles. The molecule has 0 bridgehead atoms. The molecule has 0 spiro atoms. The van der Waals surface area contributed by atoms with Gasteiger partial charge >= 0.3 is 0 Å². The third kappa shape index (κ3) is 1.65. The molecule has 1 rings (SSSR count). The molecule has 0 aliphatic carbocycles. The van der Waals surface area contributed by atoms with Crippen LogP contribution in [0.5, 0.6) is 0 Å². The van der Waals surface area contributed by atoms with E-state index in [1.54, 1.807) is 30.9 Å². The van der Waals surface area contributed by atoms with Gasteiger partial charge in [0.2, 0.25) is 0 Å². The van der Waals surface area contributed by atoms with Gasteiger partial charge in [-0.2, -0.15) is 5.10 Å². The number of hydrogen-bond acceptors (Lipinski definition) is 3. The summed E-state index contributed by atoms with van der Waals surface area (Å²) in [4.78, 5) is 11.2. The van der Waals surface area contributed by atoms with Crippen LogP contribution in [0, 0.1) is 0 Å². The summed E-state index contributed by atoms with van der Waals surface area (Å²) in [5, 5.41) is 3.92. The highest BCUT2D eigenvalue weighted by molar-refractivity contribution is 5.97. The van der Waals surface area contributed by atoms with Crippen molar-refractivity contribution in [3.8, 4) is 0 Å². The fraction of sp³-hybridized carbons (Fsp3) is 0.429. The fourth-order valence-corrected chi connectivity index (χ4v) is 0.780. The van der Waals surface area contributed by atoms with Gasteiger partial charge in [0.15, 0.2) is 5.78 Å². The lowest BCUT2D eigenvalue weighted by molar-refractivity contribution is 0.0962. The number of carbonyl (C=O) groups excluding carboxylic acids is 1. The summed E-state index contributed by atoms with van der Waals surface area (Å²) in [5.41, 5.74) is 5.81. The zero-order chi connectivity index (χ0) is 8.43. The van der Waals surface area contributed by atoms with Crippen molar-refractivity contribution < 1.29 is 4.79 Å². The van der Waals surface area contributed by atoms with Crippen LogP contribution < -0.4 is 5.73 Å². The number of nitrogens with zero attached hydrogens (tertiary/aromatic N) is 2. The molecule has 0 amide bonds. The number of aryl methyl sites for hydroxylation is 1. The molecule has 1 atom stereocenters. The second kappa shape index (κ2) is 2.84. The number of carbonyl (C=O) groups is 1. The molecule has 0 aliphatic rings. The molecule has 1 heterocycles. The molecule has 0 saturated heterocycles. The van der Waals surface area contributed by atoms with E-state index in [-0.39, 0.29) is 5.78 Å². The Hall–Kier alpha value is -1.16. The van der Waals surface area contributed by atoms with Crippen LogP contribution in [0.1, 0.15) is 17.4 Å². The lowest BCUT2D eigenvalue weighted by Gasteiger charge is -1.98. The highest BCUT2D eigenvalue weighted by Gasteiger charge is 2.12. The van der Waals surface area contributed by atoms with E-state index in [1.807, 2.05) is 0 Å². The van der Waals surface area contributed by atoms with Crippen molar-refractivity contribution in [1.82, 2.24) is 9.78 Å². The van der Waals surface area contributed by atoms with Gasteiger partial charge in [-0.1, -0.05) is 0 Å². The summed E-state index contributed by atoms with van der Waals surface area (Å²) in [6.07, 6.45) is 1.72. The summed E-state index contributed by atoms with van der Waals surface area (Å²) in [5.74, 6) is -0.120. The first kappa shape index (κ1) is 7.94. The minimum Gasteiger partial charge on any atom is -0.321 e. The van der Waals surface area contributed by atoms with Crippen molar-refractivity contribution >= 4 is 5.78 Å². The predicted molar refractivity (Wildman–Crippen MR) is 41.2 cm³/mol. The van der Waals surface area contributed by atoms with Crippen LogP contribution in [0.4, 0.5) is 0 Å². The minimum absolute atomic E-state index is 0.120. The van der Waals surface area contributed by atoms with Gasteiger partial charge in [0, 0.05) is 13.2 Å². The van der Waals surface area contributed by atoms with Crippen molar-refractivity contribution in [3.05, 3.63) is 18.0 Å². The van der Waals surface area contributed by atoms with Crippen LogP contribution in [0.25, 0.3) is 0 Å². The molecule has 4 heteroatoms. The lowest BCUT2D eigenvalue weighted by Crippen LogP contribution is -2.27. The maximum atomic E-state index is 11.2. The molecule has 60 valence electrons. The van der Waals surface area contributed by atoms with Crippen molar-refractivity contribution in [1.29, 1.82) is 0 Å². The van der Waals surface area contributed by atoms with Crippen LogP contribution in [0.3, 0.4) is 0 Å². The monoisotopic (exact) mass is 153 g/mol. The van der Waals surface area contributed by atoms with Crippen LogP contribution >= 0.6 is 0 Å². The van der Waals surface area contributed by atoms with Gasteiger partial charge < -0.3 is 5.73 Å². The minimum atomic E-state index is -0.468. The Labute approximate surface area is 65.0 Å². The summed E-state index contributed by atoms with van der Waals surface area (Å²) in [7, 11) is 1.76. The molecule has 0 aliphatic heterocycles. The van der Waals surface area contributed by atoms with Gasteiger partial charge in [0.05, 0.1) is 6.04 Å². The third-order valence-electron chi connectivity index (χ3n) is 1.38. The Bertz CT molecular complexity index is 264. The molecular formula is C7H11N3O. The van der Waals surface area contributed by atoms with Crippen molar-refractivity contribution in [2.75, 3.05) is 0 Å². The molecule has 1 aromatic rings. The first-order valence-corrected chi connectivity index (χ1v) is 3.40. The summed E-state index contributed by atoms with van der Waals surface area (Å²) in [6, 6.07) is 1.19. The van der Waals surface area contributed by atoms with Crippen LogP contribution in [0.2, 0.25) is 0 Å². The Morgan fingerprint density at radius 1 is 1.82 bits per heavy atom. The van der Waals surface area contributed by atoms with Gasteiger partial charge in [-0.15, -0.1) is 0 Å². The first-order valence-electron chi connectivity index (χ1n) is 3.40. The number of nitrogens with two attached hydrogens (primary N) is 1. The fourth-order valence-electron chi connectivity index (χ4n) is 0.780. The molecule has 11 heavy (non-hydrogen) atoms. The highest BCUT2D eigenvalue weighted by atomic mass is 16.1. The van der Waals surface area contributed by atoms with Gasteiger partial charge in [-0.25, -0.2) is 0 Å². The van der Waals surface area contributed by atoms with Crippen LogP contribution in [-0.2, 0) is 7.05 Å². The zero-order valence-electron chi connectivity index (χ0n) is 6.61. The smallest absolute Gasteiger partial charge is 0.199 e. The zero-order valence-corrected chi connectivity index (χ0v) is 6.61. The summed E-state index contributed by atoms with van der Waals surface area (Å²) < 4.78 is 1.58. The molecule has 0 aromatic carbocycles. The Morgan fingerprint density at radius 2 is 2.45 bits per heavy atom. The molecule has 0 saturated carbocycles. The Morgan fingerprint density at radius 3 is 2.82 bits per heavy atom. The highest BCUT2D eigenvalue weighted by Crippen LogP contribution is 1.97. The number of rotatable bonds is 2. The molecule has 4 nitrogen and oxygen atoms in total. The van der Waals surface area contributed by atoms with E-state index < -0.39 is 6.04 Å². The van der Waals surface area contributed by atoms with E-state index in [0.29, 0.717) is 5.69 Å². The third-order valence-corrected chi connectivity index (χ3v) is 1.38. The first-order chi connectivity index (χ1) is 5.11. The van der Waals surface area contributed by atoms with Gasteiger partial charge in [0.1, 0.15) is 5.69 Å². The van der Waals surface area contributed by atoms with E-state index in [4.69, 9.17) is 5.73 Å². The molecule has 0 unspecified atom stereocenters. The van der Waals surface area contributed by atoms with E-state index in [0.717, 1.165) is 0 Å². The van der Waals surface area contributed by atoms with E-state index in [1.165, 1.54) is 0 Å². The Balaban J connectivity index is 2.85. The normalized spacial score (nSPS) is 13.0. The number of hydrogen-bond donors (Lipinski definition) is 1. The topological polar surface area (TPSA) is 60.9 Å². The maximum Gasteiger partial charge on any atom is 0.199 e. The maximum absolute atomic E-state index is 11.2. The van der Waals surface area contributed by atoms with Crippen LogP contribution in [-0.4, -0.2) is 21.6 Å². The molecular weight excluding hydrogens is 142 g/mol. The number of aromatic nitrogens is 2. The lowest BCUT2D eigenvalue weighted by atomic mass is 10.2. The molecule has 0 fully saturated rings. The summed E-state index contributed by atoms with van der Waals surface area (Å²) in [6.45, 7) is 1.65. The SMILES string of the molecule is C[C@@H](N)C(=O)c1ccn(C)n1. The quantitative estimate of drug-likeness (QED) is 0.606. The van der Waals surface area contributed by atoms with Gasteiger partial charge in [-0.05, 0) is 13.0 Å². The Kier molecular flexibility index (Phi) is 2.05. The number of ketones is 1. The summed E-state index contributed by atoms with van der Waals surface area (Å²) >= 11 is 0. The molecule has 2 N–H and O–H groups in total. The van der Waals surface area contributed by atoms with Gasteiger partial charge in [-0.3, -0.25) is 9.48 Å². The second-order valence-corrected chi connectivity index (χ2v) is 2.53. The predicted octanol–water partition coefficient (Wildman–Crippen LogP) is -0.0500. The average molecular weight is 153 g/mol. The van der Waals surface area contributed by atoms with Crippen molar-refractivity contribution in [2.45, 2.75) is 13.0 Å². The van der Waals surface area contributed by atoms with E-state index in [2.05, 4.69) is 5.10 Å². The van der Waals surface area contributed by atoms with E-state index in [9.17, 15) is 4.79 Å². The average Bonchev–Trinajstić information content (AvgIpc) is 2.34. The largest absolute Gasteiger partial charge is 0.321 e. The van der Waals surface area contributed by atoms with Crippen molar-refractivity contribution in [3.63, 3.8) is 0 Å². The van der Waals surface area contributed by atoms with Gasteiger partial charge in [0.25, 0.3) is 0 Å². The second-order valence-electron chi connectivity index (χ2n) is 2.53. The molecule has 0 radical (unpaired) electrons.